The largest absolute Gasteiger partial charge is 0.435 e. The summed E-state index contributed by atoms with van der Waals surface area (Å²) in [6.07, 6.45) is 0. The quantitative estimate of drug-likeness (QED) is 0.793. The smallest absolute Gasteiger partial charge is 0.387 e. The molecule has 2 aromatic rings. The highest BCUT2D eigenvalue weighted by Crippen LogP contribution is 2.22. The van der Waals surface area contributed by atoms with E-state index in [-0.39, 0.29) is 17.5 Å². The first-order chi connectivity index (χ1) is 8.19. The van der Waals surface area contributed by atoms with Gasteiger partial charge in [0.05, 0.1) is 5.88 Å². The van der Waals surface area contributed by atoms with Gasteiger partial charge in [0.15, 0.2) is 5.82 Å². The molecular weight excluding hydrogens is 254 g/mol. The number of hydrogen-bond acceptors (Lipinski definition) is 4. The van der Waals surface area contributed by atoms with Crippen LogP contribution in [0.5, 0.6) is 5.75 Å². The number of halogens is 3. The summed E-state index contributed by atoms with van der Waals surface area (Å²) >= 11 is 5.52. The van der Waals surface area contributed by atoms with Gasteiger partial charge in [0.2, 0.25) is 0 Å². The van der Waals surface area contributed by atoms with Crippen LogP contribution >= 0.6 is 11.6 Å². The average molecular weight is 261 g/mol. The van der Waals surface area contributed by atoms with Gasteiger partial charge >= 0.3 is 6.61 Å². The van der Waals surface area contributed by atoms with Crippen LogP contribution in [-0.4, -0.2) is 16.8 Å². The summed E-state index contributed by atoms with van der Waals surface area (Å²) in [4.78, 5) is 3.99. The zero-order chi connectivity index (χ0) is 12.3. The molecule has 7 heteroatoms. The Bertz CT molecular complexity index is 487. The number of hydrogen-bond donors (Lipinski definition) is 0. The number of alkyl halides is 3. The molecule has 0 spiro atoms. The molecule has 1 heterocycles. The maximum atomic E-state index is 11.9. The summed E-state index contributed by atoms with van der Waals surface area (Å²) in [6.45, 7) is -2.84. The highest BCUT2D eigenvalue weighted by molar-refractivity contribution is 6.16. The van der Waals surface area contributed by atoms with Crippen LogP contribution in [0.2, 0.25) is 0 Å². The van der Waals surface area contributed by atoms with E-state index in [1.165, 1.54) is 12.1 Å². The zero-order valence-corrected chi connectivity index (χ0v) is 9.19. The van der Waals surface area contributed by atoms with E-state index in [4.69, 9.17) is 16.1 Å². The Labute approximate surface area is 100 Å². The van der Waals surface area contributed by atoms with Crippen LogP contribution in [0.25, 0.3) is 11.5 Å². The zero-order valence-electron chi connectivity index (χ0n) is 8.44. The molecule has 90 valence electrons. The lowest BCUT2D eigenvalue weighted by molar-refractivity contribution is -0.0498. The molecule has 0 unspecified atom stereocenters. The minimum atomic E-state index is -2.84. The van der Waals surface area contributed by atoms with Crippen molar-refractivity contribution in [3.63, 3.8) is 0 Å². The third kappa shape index (κ3) is 2.91. The molecule has 4 nitrogen and oxygen atoms in total. The lowest BCUT2D eigenvalue weighted by atomic mass is 10.2. The Morgan fingerprint density at radius 3 is 2.53 bits per heavy atom. The van der Waals surface area contributed by atoms with E-state index in [1.54, 1.807) is 12.1 Å². The molecule has 0 aliphatic rings. The Balaban J connectivity index is 2.17. The fourth-order valence-electron chi connectivity index (χ4n) is 1.20. The minimum Gasteiger partial charge on any atom is -0.435 e. The Morgan fingerprint density at radius 2 is 2.00 bits per heavy atom. The predicted octanol–water partition coefficient (Wildman–Crippen LogP) is 3.08. The second-order valence-corrected chi connectivity index (χ2v) is 3.32. The second-order valence-electron chi connectivity index (χ2n) is 3.05. The SMILES string of the molecule is FC(F)Oc1ccc(-c2nc(CCl)no2)cc1. The van der Waals surface area contributed by atoms with Gasteiger partial charge < -0.3 is 9.26 Å². The molecule has 0 N–H and O–H groups in total. The molecule has 0 atom stereocenters. The minimum absolute atomic E-state index is 0.0702. The van der Waals surface area contributed by atoms with E-state index >= 15 is 0 Å². The van der Waals surface area contributed by atoms with Crippen LogP contribution in [0.15, 0.2) is 28.8 Å². The van der Waals surface area contributed by atoms with E-state index in [0.717, 1.165) is 0 Å². The normalized spacial score (nSPS) is 10.8. The average Bonchev–Trinajstić information content (AvgIpc) is 2.78. The second kappa shape index (κ2) is 5.09. The van der Waals surface area contributed by atoms with Crippen molar-refractivity contribution in [3.8, 4) is 17.2 Å². The molecule has 0 radical (unpaired) electrons. The van der Waals surface area contributed by atoms with Crippen molar-refractivity contribution in [2.75, 3.05) is 0 Å². The van der Waals surface area contributed by atoms with E-state index in [9.17, 15) is 8.78 Å². The molecule has 0 aliphatic carbocycles. The first-order valence-corrected chi connectivity index (χ1v) is 5.16. The van der Waals surface area contributed by atoms with Crippen LogP contribution < -0.4 is 4.74 Å². The fourth-order valence-corrected chi connectivity index (χ4v) is 1.31. The van der Waals surface area contributed by atoms with E-state index in [0.29, 0.717) is 11.4 Å². The van der Waals surface area contributed by atoms with Gasteiger partial charge in [-0.25, -0.2) is 0 Å². The van der Waals surface area contributed by atoms with Crippen LogP contribution in [0, 0.1) is 0 Å². The van der Waals surface area contributed by atoms with Crippen LogP contribution in [0.4, 0.5) is 8.78 Å². The highest BCUT2D eigenvalue weighted by atomic mass is 35.5. The summed E-state index contributed by atoms with van der Waals surface area (Å²) in [5, 5.41) is 3.61. The highest BCUT2D eigenvalue weighted by Gasteiger charge is 2.09. The van der Waals surface area contributed by atoms with Crippen molar-refractivity contribution >= 4 is 11.6 Å². The first-order valence-electron chi connectivity index (χ1n) is 4.63. The van der Waals surface area contributed by atoms with Gasteiger partial charge in [0.1, 0.15) is 5.75 Å². The molecule has 0 aliphatic heterocycles. The molecule has 0 saturated carbocycles. The molecule has 1 aromatic carbocycles. The number of ether oxygens (including phenoxy) is 1. The maximum Gasteiger partial charge on any atom is 0.387 e. The van der Waals surface area contributed by atoms with Gasteiger partial charge in [-0.3, -0.25) is 0 Å². The third-order valence-electron chi connectivity index (χ3n) is 1.91. The molecule has 0 saturated heterocycles. The van der Waals surface area contributed by atoms with Crippen LogP contribution in [0.3, 0.4) is 0 Å². The van der Waals surface area contributed by atoms with Crippen molar-refractivity contribution in [2.45, 2.75) is 12.5 Å². The summed E-state index contributed by atoms with van der Waals surface area (Å²) < 4.78 is 33.0. The predicted molar refractivity (Wildman–Crippen MR) is 55.9 cm³/mol. The van der Waals surface area contributed by atoms with Gasteiger partial charge in [0.25, 0.3) is 5.89 Å². The lowest BCUT2D eigenvalue weighted by Gasteiger charge is -2.03. The van der Waals surface area contributed by atoms with Gasteiger partial charge in [-0.05, 0) is 24.3 Å². The van der Waals surface area contributed by atoms with Gasteiger partial charge in [-0.1, -0.05) is 5.16 Å². The molecule has 1 aromatic heterocycles. The monoisotopic (exact) mass is 260 g/mol. The van der Waals surface area contributed by atoms with Crippen molar-refractivity contribution in [2.24, 2.45) is 0 Å². The van der Waals surface area contributed by atoms with Crippen molar-refractivity contribution in [3.05, 3.63) is 30.1 Å². The number of nitrogens with zero attached hydrogens (tertiary/aromatic N) is 2. The first kappa shape index (κ1) is 11.8. The van der Waals surface area contributed by atoms with Crippen LogP contribution in [-0.2, 0) is 5.88 Å². The summed E-state index contributed by atoms with van der Waals surface area (Å²) in [5.41, 5.74) is 0.607. The Morgan fingerprint density at radius 1 is 1.29 bits per heavy atom. The molecule has 0 bridgehead atoms. The Hall–Kier alpha value is -1.69. The van der Waals surface area contributed by atoms with Crippen molar-refractivity contribution in [1.29, 1.82) is 0 Å². The number of rotatable bonds is 4. The lowest BCUT2D eigenvalue weighted by Crippen LogP contribution is -2.01. The fraction of sp³-hybridized carbons (Fsp3) is 0.200. The van der Waals surface area contributed by atoms with Gasteiger partial charge in [0, 0.05) is 5.56 Å². The molecule has 17 heavy (non-hydrogen) atoms. The number of benzene rings is 1. The summed E-state index contributed by atoms with van der Waals surface area (Å²) in [6, 6.07) is 5.88. The van der Waals surface area contributed by atoms with E-state index < -0.39 is 6.61 Å². The molecule has 0 fully saturated rings. The van der Waals surface area contributed by atoms with Crippen molar-refractivity contribution in [1.82, 2.24) is 10.1 Å². The third-order valence-corrected chi connectivity index (χ3v) is 2.15. The summed E-state index contributed by atoms with van der Waals surface area (Å²) in [5.74, 6) is 0.871. The van der Waals surface area contributed by atoms with E-state index in [1.807, 2.05) is 0 Å². The van der Waals surface area contributed by atoms with Crippen LogP contribution in [0.1, 0.15) is 5.82 Å². The Kier molecular flexibility index (Phi) is 3.53. The van der Waals surface area contributed by atoms with Gasteiger partial charge in [-0.2, -0.15) is 13.8 Å². The molecular formula is C10H7ClF2N2O2. The van der Waals surface area contributed by atoms with Crippen molar-refractivity contribution < 1.29 is 18.0 Å². The number of aromatic nitrogens is 2. The molecule has 0 amide bonds. The van der Waals surface area contributed by atoms with E-state index in [2.05, 4.69) is 14.9 Å². The van der Waals surface area contributed by atoms with Gasteiger partial charge in [-0.15, -0.1) is 11.6 Å². The molecule has 2 rings (SSSR count). The summed E-state index contributed by atoms with van der Waals surface area (Å²) in [7, 11) is 0. The standard InChI is InChI=1S/C10H7ClF2N2O2/c11-5-8-14-9(17-15-8)6-1-3-7(4-2-6)16-10(12)13/h1-4,10H,5H2. The maximum absolute atomic E-state index is 11.9. The topological polar surface area (TPSA) is 48.2 Å².